The summed E-state index contributed by atoms with van der Waals surface area (Å²) in [5.41, 5.74) is 4.02. The smallest absolute Gasteiger partial charge is 0.338 e. The van der Waals surface area contributed by atoms with Crippen LogP contribution in [0.25, 0.3) is 21.7 Å². The van der Waals surface area contributed by atoms with Crippen molar-refractivity contribution < 1.29 is 27.4 Å². The van der Waals surface area contributed by atoms with Crippen LogP contribution in [0, 0.1) is 23.6 Å². The van der Waals surface area contributed by atoms with E-state index in [2.05, 4.69) is 34.0 Å². The van der Waals surface area contributed by atoms with E-state index in [4.69, 9.17) is 9.84 Å². The first kappa shape index (κ1) is 28.0. The molecule has 1 heterocycles. The van der Waals surface area contributed by atoms with E-state index in [1.807, 2.05) is 24.3 Å². The molecule has 7 nitrogen and oxygen atoms in total. The van der Waals surface area contributed by atoms with Gasteiger partial charge in [0.2, 0.25) is 0 Å². The molecule has 0 radical (unpaired) electrons. The first-order chi connectivity index (χ1) is 20.6. The fourth-order valence-corrected chi connectivity index (χ4v) is 10.2. The average Bonchev–Trinajstić information content (AvgIpc) is 3.48. The largest absolute Gasteiger partial charge is 0.495 e. The Morgan fingerprint density at radius 3 is 2.07 bits per heavy atom. The minimum absolute atomic E-state index is 0.0726. The number of nitrogens with one attached hydrogen (secondary N) is 1. The van der Waals surface area contributed by atoms with Crippen molar-refractivity contribution in [2.75, 3.05) is 11.8 Å². The zero-order valence-electron chi connectivity index (χ0n) is 23.5. The Morgan fingerprint density at radius 1 is 0.953 bits per heavy atom. The zero-order chi connectivity index (χ0) is 29.9. The van der Waals surface area contributed by atoms with Crippen molar-refractivity contribution in [3.05, 3.63) is 83.8 Å². The monoisotopic (exact) mass is 618 g/mol. The number of methoxy groups -OCH3 is 1. The van der Waals surface area contributed by atoms with E-state index in [9.17, 15) is 17.6 Å². The molecule has 4 bridgehead atoms. The lowest BCUT2D eigenvalue weighted by Crippen LogP contribution is -2.48. The molecule has 1 aromatic heterocycles. The molecule has 4 aromatic rings. The van der Waals surface area contributed by atoms with Gasteiger partial charge in [0.15, 0.2) is 4.21 Å². The molecule has 4 saturated carbocycles. The Bertz CT molecular complexity index is 1780. The number of carboxylic acid groups (broad SMARTS) is 1. The van der Waals surface area contributed by atoms with E-state index in [1.165, 1.54) is 57.4 Å². The van der Waals surface area contributed by atoms with E-state index in [1.54, 1.807) is 0 Å². The van der Waals surface area contributed by atoms with Gasteiger partial charge < -0.3 is 9.84 Å². The fraction of sp³-hybridized carbons (Fsp3) is 0.333. The third-order valence-corrected chi connectivity index (χ3v) is 12.4. The number of hydrogen-bond acceptors (Lipinski definition) is 6. The number of carboxylic acids is 1. The average molecular weight is 619 g/mol. The molecule has 2 N–H and O–H groups in total. The molecule has 222 valence electrons. The molecule has 4 fully saturated rings. The summed E-state index contributed by atoms with van der Waals surface area (Å²) in [6.45, 7) is 0. The van der Waals surface area contributed by atoms with Crippen molar-refractivity contribution in [3.63, 3.8) is 0 Å². The highest BCUT2D eigenvalue weighted by atomic mass is 32.2. The first-order valence-electron chi connectivity index (χ1n) is 14.4. The van der Waals surface area contributed by atoms with Gasteiger partial charge in [-0.2, -0.15) is 0 Å². The Balaban J connectivity index is 1.07. The van der Waals surface area contributed by atoms with Crippen LogP contribution in [0.3, 0.4) is 0 Å². The lowest BCUT2D eigenvalue weighted by atomic mass is 9.48. The highest BCUT2D eigenvalue weighted by Gasteiger charge is 2.51. The van der Waals surface area contributed by atoms with E-state index >= 15 is 0 Å². The summed E-state index contributed by atoms with van der Waals surface area (Å²) in [7, 11) is -2.90. The number of benzene rings is 3. The maximum Gasteiger partial charge on any atom is 0.338 e. The molecule has 10 heteroatoms. The maximum absolute atomic E-state index is 14.3. The molecule has 0 amide bonds. The quantitative estimate of drug-likeness (QED) is 0.211. The van der Waals surface area contributed by atoms with Crippen molar-refractivity contribution in [3.8, 4) is 27.4 Å². The van der Waals surface area contributed by atoms with E-state index in [0.29, 0.717) is 10.4 Å². The van der Waals surface area contributed by atoms with Crippen molar-refractivity contribution in [1.82, 2.24) is 4.98 Å². The van der Waals surface area contributed by atoms with Gasteiger partial charge in [-0.25, -0.2) is 22.6 Å². The van der Waals surface area contributed by atoms with Crippen LogP contribution in [0.2, 0.25) is 0 Å². The number of aromatic carboxylic acids is 1. The zero-order valence-corrected chi connectivity index (χ0v) is 25.2. The standard InChI is InChI=1S/C33H31FN2O5S2/c1-41-29-13-26(32(37)38)27(34)14-28(29)36-43(39,40)30-18-35-31(42-30)24-4-2-22(3-5-24)23-6-8-25(9-7-23)33-15-19-10-20(16-33)12-21(11-19)17-33/h2-9,13-14,18-21,36H,10-12,15-17H2,1H3,(H,37,38). The number of anilines is 1. The summed E-state index contributed by atoms with van der Waals surface area (Å²) in [4.78, 5) is 15.5. The number of ether oxygens (including phenoxy) is 1. The summed E-state index contributed by atoms with van der Waals surface area (Å²) >= 11 is 0.978. The number of nitrogens with zero attached hydrogens (tertiary/aromatic N) is 1. The van der Waals surface area contributed by atoms with Crippen LogP contribution in [0.5, 0.6) is 5.75 Å². The van der Waals surface area contributed by atoms with Gasteiger partial charge >= 0.3 is 5.97 Å². The highest BCUT2D eigenvalue weighted by molar-refractivity contribution is 7.94. The van der Waals surface area contributed by atoms with Gasteiger partial charge in [0, 0.05) is 11.6 Å². The minimum Gasteiger partial charge on any atom is -0.495 e. The van der Waals surface area contributed by atoms with Gasteiger partial charge in [0.1, 0.15) is 16.6 Å². The second kappa shape index (κ2) is 10.4. The van der Waals surface area contributed by atoms with E-state index < -0.39 is 27.4 Å². The van der Waals surface area contributed by atoms with Crippen LogP contribution in [-0.2, 0) is 15.4 Å². The van der Waals surface area contributed by atoms with Gasteiger partial charge in [0.05, 0.1) is 24.6 Å². The van der Waals surface area contributed by atoms with Crippen LogP contribution >= 0.6 is 11.3 Å². The molecular weight excluding hydrogens is 588 g/mol. The molecule has 0 atom stereocenters. The first-order valence-corrected chi connectivity index (χ1v) is 16.7. The Morgan fingerprint density at radius 2 is 1.51 bits per heavy atom. The van der Waals surface area contributed by atoms with Crippen molar-refractivity contribution in [2.24, 2.45) is 17.8 Å². The number of thiazole rings is 1. The van der Waals surface area contributed by atoms with Gasteiger partial charge in [0.25, 0.3) is 10.0 Å². The van der Waals surface area contributed by atoms with Gasteiger partial charge in [-0.05, 0) is 84.5 Å². The summed E-state index contributed by atoms with van der Waals surface area (Å²) < 4.78 is 47.7. The summed E-state index contributed by atoms with van der Waals surface area (Å²) in [6, 6.07) is 18.7. The number of rotatable bonds is 8. The van der Waals surface area contributed by atoms with Crippen molar-refractivity contribution in [1.29, 1.82) is 0 Å². The van der Waals surface area contributed by atoms with Crippen LogP contribution in [0.1, 0.15) is 54.4 Å². The summed E-state index contributed by atoms with van der Waals surface area (Å²) in [6.07, 6.45) is 9.58. The Labute approximate surface area is 253 Å². The fourth-order valence-electron chi connectivity index (χ4n) is 7.96. The molecule has 4 aliphatic rings. The van der Waals surface area contributed by atoms with Gasteiger partial charge in [-0.1, -0.05) is 48.5 Å². The summed E-state index contributed by atoms with van der Waals surface area (Å²) in [5.74, 6) is 0.0374. The third kappa shape index (κ3) is 5.10. The van der Waals surface area contributed by atoms with Crippen LogP contribution in [0.4, 0.5) is 10.1 Å². The SMILES string of the molecule is COc1cc(C(=O)O)c(F)cc1NS(=O)(=O)c1cnc(-c2ccc(-c3ccc(C45CC6CC(CC(C6)C4)C5)cc3)cc2)s1. The lowest BCUT2D eigenvalue weighted by molar-refractivity contribution is -0.00518. The predicted molar refractivity (Wildman–Crippen MR) is 164 cm³/mol. The van der Waals surface area contributed by atoms with E-state index in [0.717, 1.165) is 57.9 Å². The van der Waals surface area contributed by atoms with E-state index in [-0.39, 0.29) is 15.6 Å². The second-order valence-corrected chi connectivity index (χ2v) is 15.2. The molecule has 3 aromatic carbocycles. The molecule has 0 unspecified atom stereocenters. The van der Waals surface area contributed by atoms with Gasteiger partial charge in [-0.3, -0.25) is 4.72 Å². The Hall–Kier alpha value is -3.76. The van der Waals surface area contributed by atoms with Crippen LogP contribution in [-0.4, -0.2) is 31.6 Å². The minimum atomic E-state index is -4.14. The molecule has 4 aliphatic carbocycles. The highest BCUT2D eigenvalue weighted by Crippen LogP contribution is 2.60. The number of halogens is 1. The molecule has 0 spiro atoms. The van der Waals surface area contributed by atoms with Crippen molar-refractivity contribution in [2.45, 2.75) is 48.1 Å². The normalized spacial score (nSPS) is 24.2. The Kier molecular flexibility index (Phi) is 6.81. The lowest BCUT2D eigenvalue weighted by Gasteiger charge is -2.57. The third-order valence-electron chi connectivity index (χ3n) is 9.51. The second-order valence-electron chi connectivity index (χ2n) is 12.3. The van der Waals surface area contributed by atoms with Crippen LogP contribution in [0.15, 0.2) is 71.1 Å². The molecular formula is C33H31FN2O5S2. The molecule has 0 aliphatic heterocycles. The number of hydrogen-bond donors (Lipinski definition) is 2. The van der Waals surface area contributed by atoms with Gasteiger partial charge in [-0.15, -0.1) is 11.3 Å². The summed E-state index contributed by atoms with van der Waals surface area (Å²) in [5, 5.41) is 9.65. The predicted octanol–water partition coefficient (Wildman–Crippen LogP) is 7.59. The van der Waals surface area contributed by atoms with Crippen LogP contribution < -0.4 is 9.46 Å². The topological polar surface area (TPSA) is 106 Å². The molecule has 0 saturated heterocycles. The maximum atomic E-state index is 14.3. The number of aromatic nitrogens is 1. The molecule has 43 heavy (non-hydrogen) atoms. The number of sulfonamides is 1. The van der Waals surface area contributed by atoms with Crippen molar-refractivity contribution >= 4 is 33.0 Å². The number of carbonyl (C=O) groups is 1. The molecule has 8 rings (SSSR count).